The average Bonchev–Trinajstić information content (AvgIpc) is 2.44. The third-order valence-electron chi connectivity index (χ3n) is 1.78. The van der Waals surface area contributed by atoms with Crippen molar-refractivity contribution in [3.63, 3.8) is 0 Å². The van der Waals surface area contributed by atoms with Gasteiger partial charge in [0.2, 0.25) is 0 Å². The van der Waals surface area contributed by atoms with E-state index < -0.39 is 5.60 Å². The highest BCUT2D eigenvalue weighted by molar-refractivity contribution is 4.90. The predicted octanol–water partition coefficient (Wildman–Crippen LogP) is 0.140. The lowest BCUT2D eigenvalue weighted by Crippen LogP contribution is -2.31. The molecule has 0 amide bonds. The fourth-order valence-corrected chi connectivity index (χ4v) is 0.834. The molecule has 0 heterocycles. The van der Waals surface area contributed by atoms with Crippen molar-refractivity contribution in [3.05, 3.63) is 0 Å². The van der Waals surface area contributed by atoms with Crippen LogP contribution in [0.5, 0.6) is 0 Å². The summed E-state index contributed by atoms with van der Waals surface area (Å²) in [6.45, 7) is 1.59. The summed E-state index contributed by atoms with van der Waals surface area (Å²) in [5, 5.41) is 17.8. The first-order valence-corrected chi connectivity index (χ1v) is 3.00. The van der Waals surface area contributed by atoms with Crippen molar-refractivity contribution in [2.45, 2.75) is 25.4 Å². The van der Waals surface area contributed by atoms with Crippen molar-refractivity contribution in [1.29, 1.82) is 0 Å². The Labute approximate surface area is 49.1 Å². The van der Waals surface area contributed by atoms with Gasteiger partial charge in [-0.05, 0) is 25.7 Å². The van der Waals surface area contributed by atoms with Crippen LogP contribution in [-0.2, 0) is 0 Å². The van der Waals surface area contributed by atoms with Gasteiger partial charge < -0.3 is 10.2 Å². The molecule has 1 saturated carbocycles. The lowest BCUT2D eigenvalue weighted by molar-refractivity contribution is -0.0167. The minimum absolute atomic E-state index is 0.0995. The smallest absolute Gasteiger partial charge is 0.0877 e. The van der Waals surface area contributed by atoms with Crippen LogP contribution in [0.2, 0.25) is 0 Å². The van der Waals surface area contributed by atoms with Gasteiger partial charge in [-0.1, -0.05) is 0 Å². The van der Waals surface area contributed by atoms with E-state index in [4.69, 9.17) is 5.11 Å². The minimum atomic E-state index is -0.792. The van der Waals surface area contributed by atoms with Gasteiger partial charge >= 0.3 is 0 Å². The molecule has 0 spiro atoms. The maximum Gasteiger partial charge on any atom is 0.0877 e. The highest BCUT2D eigenvalue weighted by Crippen LogP contribution is 2.38. The molecule has 1 fully saturated rings. The molecule has 0 radical (unpaired) electrons. The van der Waals surface area contributed by atoms with E-state index in [1.54, 1.807) is 6.92 Å². The van der Waals surface area contributed by atoms with Gasteiger partial charge in [-0.3, -0.25) is 0 Å². The molecule has 0 aromatic heterocycles. The van der Waals surface area contributed by atoms with Crippen molar-refractivity contribution in [2.75, 3.05) is 6.61 Å². The van der Waals surface area contributed by atoms with Gasteiger partial charge in [-0.2, -0.15) is 0 Å². The zero-order valence-corrected chi connectivity index (χ0v) is 5.09. The average molecular weight is 116 g/mol. The molecular formula is C6H12O2. The first kappa shape index (κ1) is 6.05. The number of hydrogen-bond acceptors (Lipinski definition) is 2. The molecule has 0 saturated heterocycles. The van der Waals surface area contributed by atoms with Crippen LogP contribution in [0.15, 0.2) is 0 Å². The van der Waals surface area contributed by atoms with Crippen LogP contribution in [0.1, 0.15) is 19.8 Å². The molecule has 0 aliphatic heterocycles. The highest BCUT2D eigenvalue weighted by atomic mass is 16.3. The quantitative estimate of drug-likeness (QED) is 0.538. The second-order valence-corrected chi connectivity index (χ2v) is 2.79. The first-order valence-electron chi connectivity index (χ1n) is 3.00. The Morgan fingerprint density at radius 3 is 2.25 bits per heavy atom. The second-order valence-electron chi connectivity index (χ2n) is 2.79. The van der Waals surface area contributed by atoms with Crippen molar-refractivity contribution in [1.82, 2.24) is 0 Å². The second kappa shape index (κ2) is 1.71. The molecule has 1 rings (SSSR count). The lowest BCUT2D eigenvalue weighted by Gasteiger charge is -2.18. The van der Waals surface area contributed by atoms with E-state index in [9.17, 15) is 5.11 Å². The number of rotatable bonds is 2. The Balaban J connectivity index is 2.37. The molecule has 8 heavy (non-hydrogen) atoms. The fourth-order valence-electron chi connectivity index (χ4n) is 0.834. The molecule has 0 bridgehead atoms. The van der Waals surface area contributed by atoms with Gasteiger partial charge in [-0.25, -0.2) is 0 Å². The van der Waals surface area contributed by atoms with Gasteiger partial charge in [0.1, 0.15) is 0 Å². The maximum atomic E-state index is 9.21. The van der Waals surface area contributed by atoms with E-state index in [1.807, 2.05) is 0 Å². The standard InChI is InChI=1S/C6H12O2/c1-6(8,4-7)5-2-3-5/h5,7-8H,2-4H2,1H3. The van der Waals surface area contributed by atoms with Crippen LogP contribution >= 0.6 is 0 Å². The van der Waals surface area contributed by atoms with E-state index in [-0.39, 0.29) is 6.61 Å². The molecule has 1 atom stereocenters. The SMILES string of the molecule is CC(O)(CO)C1CC1. The van der Waals surface area contributed by atoms with Crippen molar-refractivity contribution < 1.29 is 10.2 Å². The van der Waals surface area contributed by atoms with Crippen molar-refractivity contribution >= 4 is 0 Å². The fraction of sp³-hybridized carbons (Fsp3) is 1.00. The molecule has 1 unspecified atom stereocenters. The maximum absolute atomic E-state index is 9.21. The Hall–Kier alpha value is -0.0800. The Morgan fingerprint density at radius 2 is 2.12 bits per heavy atom. The minimum Gasteiger partial charge on any atom is -0.393 e. The summed E-state index contributed by atoms with van der Waals surface area (Å²) in [4.78, 5) is 0. The Morgan fingerprint density at radius 1 is 1.62 bits per heavy atom. The van der Waals surface area contributed by atoms with Crippen molar-refractivity contribution in [3.8, 4) is 0 Å². The number of aliphatic hydroxyl groups is 2. The summed E-state index contributed by atoms with van der Waals surface area (Å²) >= 11 is 0. The molecule has 48 valence electrons. The van der Waals surface area contributed by atoms with Crippen LogP contribution in [0, 0.1) is 5.92 Å². The number of aliphatic hydroxyl groups excluding tert-OH is 1. The molecule has 2 heteroatoms. The molecule has 1 aliphatic rings. The zero-order valence-electron chi connectivity index (χ0n) is 5.09. The third-order valence-corrected chi connectivity index (χ3v) is 1.78. The van der Waals surface area contributed by atoms with Gasteiger partial charge in [0.25, 0.3) is 0 Å². The van der Waals surface area contributed by atoms with Gasteiger partial charge in [-0.15, -0.1) is 0 Å². The van der Waals surface area contributed by atoms with E-state index in [1.165, 1.54) is 0 Å². The molecular weight excluding hydrogens is 104 g/mol. The molecule has 1 aliphatic carbocycles. The van der Waals surface area contributed by atoms with Crippen LogP contribution in [0.25, 0.3) is 0 Å². The normalized spacial score (nSPS) is 27.4. The van der Waals surface area contributed by atoms with Crippen LogP contribution < -0.4 is 0 Å². The largest absolute Gasteiger partial charge is 0.393 e. The molecule has 2 N–H and O–H groups in total. The van der Waals surface area contributed by atoms with Crippen LogP contribution in [-0.4, -0.2) is 22.4 Å². The molecule has 2 nitrogen and oxygen atoms in total. The van der Waals surface area contributed by atoms with E-state index in [0.717, 1.165) is 12.8 Å². The summed E-state index contributed by atoms with van der Waals surface area (Å²) < 4.78 is 0. The summed E-state index contributed by atoms with van der Waals surface area (Å²) in [5.41, 5.74) is -0.792. The predicted molar refractivity (Wildman–Crippen MR) is 30.4 cm³/mol. The zero-order chi connectivity index (χ0) is 6.20. The monoisotopic (exact) mass is 116 g/mol. The van der Waals surface area contributed by atoms with Crippen LogP contribution in [0.4, 0.5) is 0 Å². The number of hydrogen-bond donors (Lipinski definition) is 2. The van der Waals surface area contributed by atoms with E-state index in [0.29, 0.717) is 5.92 Å². The van der Waals surface area contributed by atoms with Gasteiger partial charge in [0.05, 0.1) is 12.2 Å². The first-order chi connectivity index (χ1) is 3.67. The van der Waals surface area contributed by atoms with E-state index in [2.05, 4.69) is 0 Å². The summed E-state index contributed by atoms with van der Waals surface area (Å²) in [6.07, 6.45) is 2.15. The van der Waals surface area contributed by atoms with Gasteiger partial charge in [0.15, 0.2) is 0 Å². The van der Waals surface area contributed by atoms with Crippen molar-refractivity contribution in [2.24, 2.45) is 5.92 Å². The Kier molecular flexibility index (Phi) is 1.29. The Bertz CT molecular complexity index is 84.5. The highest BCUT2D eigenvalue weighted by Gasteiger charge is 2.39. The molecule has 0 aromatic rings. The third kappa shape index (κ3) is 1.01. The van der Waals surface area contributed by atoms with Crippen LogP contribution in [0.3, 0.4) is 0 Å². The topological polar surface area (TPSA) is 40.5 Å². The van der Waals surface area contributed by atoms with E-state index >= 15 is 0 Å². The van der Waals surface area contributed by atoms with Gasteiger partial charge in [0, 0.05) is 0 Å². The summed E-state index contributed by atoms with van der Waals surface area (Å²) in [7, 11) is 0. The summed E-state index contributed by atoms with van der Waals surface area (Å²) in [5.74, 6) is 0.368. The lowest BCUT2D eigenvalue weighted by atomic mass is 10.0. The molecule has 0 aromatic carbocycles. The summed E-state index contributed by atoms with van der Waals surface area (Å²) in [6, 6.07) is 0.